The van der Waals surface area contributed by atoms with E-state index in [1.165, 1.54) is 5.41 Å². The van der Waals surface area contributed by atoms with Gasteiger partial charge >= 0.3 is 0 Å². The zero-order valence-electron chi connectivity index (χ0n) is 14.7. The lowest BCUT2D eigenvalue weighted by atomic mass is 9.44. The van der Waals surface area contributed by atoms with Gasteiger partial charge in [-0.15, -0.1) is 0 Å². The van der Waals surface area contributed by atoms with Crippen molar-refractivity contribution in [2.24, 2.45) is 23.2 Å². The van der Waals surface area contributed by atoms with Gasteiger partial charge < -0.3 is 5.11 Å². The van der Waals surface area contributed by atoms with Crippen molar-refractivity contribution < 1.29 is 13.5 Å². The van der Waals surface area contributed by atoms with Gasteiger partial charge in [0.2, 0.25) is 10.0 Å². The largest absolute Gasteiger partial charge is 0.396 e. The Balaban J connectivity index is 1.70. The van der Waals surface area contributed by atoms with Gasteiger partial charge in [-0.1, -0.05) is 37.6 Å². The molecule has 0 aromatic heterocycles. The van der Waals surface area contributed by atoms with Gasteiger partial charge in [0.15, 0.2) is 0 Å². The molecule has 138 valence electrons. The highest BCUT2D eigenvalue weighted by Crippen LogP contribution is 2.62. The molecule has 3 aliphatic carbocycles. The van der Waals surface area contributed by atoms with Crippen LogP contribution in [0.1, 0.15) is 38.7 Å². The molecule has 0 amide bonds. The Kier molecular flexibility index (Phi) is 5.31. The van der Waals surface area contributed by atoms with Crippen molar-refractivity contribution in [3.8, 4) is 0 Å². The number of fused-ring (bicyclic) bond motifs is 2. The average molecular weight is 384 g/mol. The van der Waals surface area contributed by atoms with E-state index < -0.39 is 10.0 Å². The molecule has 4 atom stereocenters. The number of nitrogens with one attached hydrogen (secondary N) is 1. The minimum Gasteiger partial charge on any atom is -0.396 e. The van der Waals surface area contributed by atoms with Crippen molar-refractivity contribution in [2.45, 2.75) is 39.2 Å². The maximum absolute atomic E-state index is 12.5. The number of benzene rings is 1. The van der Waals surface area contributed by atoms with Gasteiger partial charge in [0, 0.05) is 23.1 Å². The molecule has 3 fully saturated rings. The van der Waals surface area contributed by atoms with E-state index in [0.717, 1.165) is 18.4 Å². The van der Waals surface area contributed by atoms with Crippen molar-refractivity contribution in [1.29, 1.82) is 0 Å². The molecule has 0 aliphatic heterocycles. The normalized spacial score (nSPS) is 31.0. The number of halogens is 1. The lowest BCUT2D eigenvalue weighted by Gasteiger charge is -2.62. The zero-order valence-corrected chi connectivity index (χ0v) is 16.2. The fourth-order valence-electron chi connectivity index (χ4n) is 4.62. The summed E-state index contributed by atoms with van der Waals surface area (Å²) in [6, 6.07) is 6.93. The lowest BCUT2D eigenvalue weighted by Crippen LogP contribution is -2.61. The molecule has 4 rings (SSSR count). The SMILES string of the molecule is CC1(C)[C@H]2C[C@H](NS(=O)(=O)C=Cc3ccc(Cl)cc3)[C@@H](CCO)[C@@H]1C2. The Labute approximate surface area is 155 Å². The van der Waals surface area contributed by atoms with Crippen molar-refractivity contribution >= 4 is 27.7 Å². The molecule has 25 heavy (non-hydrogen) atoms. The van der Waals surface area contributed by atoms with E-state index in [1.807, 2.05) is 0 Å². The van der Waals surface area contributed by atoms with E-state index in [9.17, 15) is 13.5 Å². The van der Waals surface area contributed by atoms with Crippen molar-refractivity contribution in [2.75, 3.05) is 6.61 Å². The van der Waals surface area contributed by atoms with Gasteiger partial charge in [-0.05, 0) is 66.2 Å². The highest BCUT2D eigenvalue weighted by Gasteiger charge is 2.57. The lowest BCUT2D eigenvalue weighted by molar-refractivity contribution is -0.121. The molecule has 1 aromatic carbocycles. The third-order valence-electron chi connectivity index (χ3n) is 6.21. The maximum Gasteiger partial charge on any atom is 0.233 e. The fraction of sp³-hybridized carbons (Fsp3) is 0.579. The minimum atomic E-state index is -3.53. The summed E-state index contributed by atoms with van der Waals surface area (Å²) in [5.41, 5.74) is 1.04. The number of sulfonamides is 1. The molecule has 0 radical (unpaired) electrons. The number of hydrogen-bond donors (Lipinski definition) is 2. The van der Waals surface area contributed by atoms with Crippen LogP contribution in [-0.2, 0) is 10.0 Å². The van der Waals surface area contributed by atoms with E-state index in [1.54, 1.807) is 30.3 Å². The predicted molar refractivity (Wildman–Crippen MR) is 102 cm³/mol. The summed E-state index contributed by atoms with van der Waals surface area (Å²) in [6.45, 7) is 4.63. The van der Waals surface area contributed by atoms with Crippen LogP contribution in [-0.4, -0.2) is 26.2 Å². The summed E-state index contributed by atoms with van der Waals surface area (Å²) in [5, 5.41) is 11.3. The summed E-state index contributed by atoms with van der Waals surface area (Å²) < 4.78 is 27.8. The molecule has 0 saturated heterocycles. The standard InChI is InChI=1S/C19H26ClNO3S/c1-19(2)14-11-17(19)16(7-9-22)18(12-14)21-25(23,24)10-8-13-3-5-15(20)6-4-13/h3-6,8,10,14,16-18,21-22H,7,9,11-12H2,1-2H3/t14-,16+,17+,18+/m1/s1. The third kappa shape index (κ3) is 3.95. The molecule has 0 spiro atoms. The van der Waals surface area contributed by atoms with Crippen LogP contribution in [0.15, 0.2) is 29.7 Å². The van der Waals surface area contributed by atoms with Gasteiger partial charge in [0.25, 0.3) is 0 Å². The van der Waals surface area contributed by atoms with Crippen molar-refractivity contribution in [3.05, 3.63) is 40.3 Å². The van der Waals surface area contributed by atoms with E-state index in [-0.39, 0.29) is 24.0 Å². The van der Waals surface area contributed by atoms with Gasteiger partial charge in [-0.2, -0.15) is 0 Å². The molecular formula is C19H26ClNO3S. The molecule has 3 saturated carbocycles. The molecule has 1 aromatic rings. The van der Waals surface area contributed by atoms with Crippen LogP contribution in [0.4, 0.5) is 0 Å². The monoisotopic (exact) mass is 383 g/mol. The minimum absolute atomic E-state index is 0.0937. The summed E-state index contributed by atoms with van der Waals surface area (Å²) in [6.07, 6.45) is 4.22. The van der Waals surface area contributed by atoms with Crippen LogP contribution in [0, 0.1) is 23.2 Å². The van der Waals surface area contributed by atoms with Gasteiger partial charge in [-0.25, -0.2) is 13.1 Å². The fourth-order valence-corrected chi connectivity index (χ4v) is 5.86. The molecule has 4 nitrogen and oxygen atoms in total. The second-order valence-electron chi connectivity index (χ2n) is 7.90. The predicted octanol–water partition coefficient (Wildman–Crippen LogP) is 3.66. The smallest absolute Gasteiger partial charge is 0.233 e. The van der Waals surface area contributed by atoms with E-state index >= 15 is 0 Å². The van der Waals surface area contributed by atoms with Crippen LogP contribution in [0.25, 0.3) is 6.08 Å². The first-order valence-electron chi connectivity index (χ1n) is 8.80. The molecule has 0 unspecified atom stereocenters. The van der Waals surface area contributed by atoms with Gasteiger partial charge in [0.05, 0.1) is 0 Å². The van der Waals surface area contributed by atoms with Crippen LogP contribution in [0.3, 0.4) is 0 Å². The van der Waals surface area contributed by atoms with E-state index in [2.05, 4.69) is 18.6 Å². The zero-order chi connectivity index (χ0) is 18.2. The average Bonchev–Trinajstić information content (AvgIpc) is 2.55. The third-order valence-corrected chi connectivity index (χ3v) is 7.58. The van der Waals surface area contributed by atoms with Crippen molar-refractivity contribution in [1.82, 2.24) is 4.72 Å². The molecule has 2 bridgehead atoms. The van der Waals surface area contributed by atoms with Crippen molar-refractivity contribution in [3.63, 3.8) is 0 Å². The number of aliphatic hydroxyl groups is 1. The Hall–Kier alpha value is -0.880. The highest BCUT2D eigenvalue weighted by atomic mass is 35.5. The second-order valence-corrected chi connectivity index (χ2v) is 9.93. The molecular weight excluding hydrogens is 358 g/mol. The topological polar surface area (TPSA) is 66.4 Å². The Morgan fingerprint density at radius 1 is 1.28 bits per heavy atom. The summed E-state index contributed by atoms with van der Waals surface area (Å²) in [7, 11) is -3.53. The van der Waals surface area contributed by atoms with Gasteiger partial charge in [-0.3, -0.25) is 0 Å². The van der Waals surface area contributed by atoms with Crippen LogP contribution in [0.5, 0.6) is 0 Å². The Morgan fingerprint density at radius 3 is 2.56 bits per heavy atom. The summed E-state index contributed by atoms with van der Waals surface area (Å²) in [5.74, 6) is 1.23. The second kappa shape index (κ2) is 7.03. The van der Waals surface area contributed by atoms with Crippen LogP contribution in [0.2, 0.25) is 5.02 Å². The van der Waals surface area contributed by atoms with E-state index in [4.69, 9.17) is 11.6 Å². The first-order valence-corrected chi connectivity index (χ1v) is 10.7. The quantitative estimate of drug-likeness (QED) is 0.787. The molecule has 0 heterocycles. The van der Waals surface area contributed by atoms with Crippen LogP contribution >= 0.6 is 11.6 Å². The number of hydrogen-bond acceptors (Lipinski definition) is 3. The molecule has 6 heteroatoms. The van der Waals surface area contributed by atoms with Crippen LogP contribution < -0.4 is 4.72 Å². The highest BCUT2D eigenvalue weighted by molar-refractivity contribution is 7.92. The summed E-state index contributed by atoms with van der Waals surface area (Å²) >= 11 is 5.84. The number of rotatable bonds is 6. The summed E-state index contributed by atoms with van der Waals surface area (Å²) in [4.78, 5) is 0. The first kappa shape index (κ1) is 18.9. The van der Waals surface area contributed by atoms with Gasteiger partial charge in [0.1, 0.15) is 0 Å². The Morgan fingerprint density at radius 2 is 1.96 bits per heavy atom. The maximum atomic E-state index is 12.5. The molecule has 3 aliphatic rings. The number of aliphatic hydroxyl groups excluding tert-OH is 1. The molecule has 2 N–H and O–H groups in total. The van der Waals surface area contributed by atoms with E-state index in [0.29, 0.717) is 23.3 Å². The first-order chi connectivity index (χ1) is 11.7. The Bertz CT molecular complexity index is 742.